The van der Waals surface area contributed by atoms with Crippen LogP contribution in [0.1, 0.15) is 67.4 Å². The Morgan fingerprint density at radius 3 is 2.47 bits per heavy atom. The predicted octanol–water partition coefficient (Wildman–Crippen LogP) is 7.02. The van der Waals surface area contributed by atoms with Gasteiger partial charge in [-0.1, -0.05) is 87.2 Å². The lowest BCUT2D eigenvalue weighted by molar-refractivity contribution is 0.0538. The smallest absolute Gasteiger partial charge is 0.258 e. The summed E-state index contributed by atoms with van der Waals surface area (Å²) in [6, 6.07) is 26.3. The van der Waals surface area contributed by atoms with E-state index in [1.165, 1.54) is 31.2 Å². The Labute approximate surface area is 204 Å². The first-order chi connectivity index (χ1) is 16.6. The maximum atomic E-state index is 13.7. The summed E-state index contributed by atoms with van der Waals surface area (Å²) in [5, 5.41) is 3.67. The van der Waals surface area contributed by atoms with Gasteiger partial charge in [0.05, 0.1) is 12.2 Å². The van der Waals surface area contributed by atoms with Gasteiger partial charge in [-0.3, -0.25) is 4.79 Å². The zero-order valence-corrected chi connectivity index (χ0v) is 20.4. The van der Waals surface area contributed by atoms with Crippen LogP contribution < -0.4 is 10.1 Å². The lowest BCUT2D eigenvalue weighted by atomic mass is 9.93. The van der Waals surface area contributed by atoms with Gasteiger partial charge < -0.3 is 15.0 Å². The third-order valence-electron chi connectivity index (χ3n) is 6.70. The van der Waals surface area contributed by atoms with Crippen molar-refractivity contribution in [2.45, 2.75) is 58.0 Å². The van der Waals surface area contributed by atoms with E-state index in [9.17, 15) is 4.79 Å². The number of ether oxygens (including phenoxy) is 1. The fraction of sp³-hybridized carbons (Fsp3) is 0.367. The van der Waals surface area contributed by atoms with Gasteiger partial charge in [0.25, 0.3) is 5.91 Å². The van der Waals surface area contributed by atoms with Crippen LogP contribution in [-0.2, 0) is 12.1 Å². The van der Waals surface area contributed by atoms with Gasteiger partial charge in [-0.15, -0.1) is 0 Å². The third-order valence-corrected chi connectivity index (χ3v) is 6.70. The standard InChI is InChI=1S/C30H36N2O2/c1-3-4-5-6-12-22-34-26-17-13-16-25(23-26)30(2)31-28-19-11-10-18-27(28)29(33)32(30)21-20-24-14-8-7-9-15-24/h7-11,13-19,23,31H,3-6,12,20-22H2,1-2H3. The molecule has 1 aliphatic rings. The molecular weight excluding hydrogens is 420 g/mol. The van der Waals surface area contributed by atoms with E-state index in [2.05, 4.69) is 43.4 Å². The first-order valence-electron chi connectivity index (χ1n) is 12.6. The van der Waals surface area contributed by atoms with Gasteiger partial charge in [0.2, 0.25) is 0 Å². The molecule has 1 aliphatic heterocycles. The maximum Gasteiger partial charge on any atom is 0.258 e. The largest absolute Gasteiger partial charge is 0.494 e. The number of hydrogen-bond acceptors (Lipinski definition) is 3. The molecule has 3 aromatic carbocycles. The van der Waals surface area contributed by atoms with Crippen LogP contribution >= 0.6 is 0 Å². The van der Waals surface area contributed by atoms with Crippen LogP contribution in [0.15, 0.2) is 78.9 Å². The molecule has 0 spiro atoms. The normalized spacial score (nSPS) is 17.2. The quantitative estimate of drug-likeness (QED) is 0.315. The summed E-state index contributed by atoms with van der Waals surface area (Å²) in [5.74, 6) is 0.903. The molecule has 4 nitrogen and oxygen atoms in total. The Kier molecular flexibility index (Phi) is 7.89. The number of carbonyl (C=O) groups excluding carboxylic acids is 1. The lowest BCUT2D eigenvalue weighted by Crippen LogP contribution is -2.56. The molecule has 34 heavy (non-hydrogen) atoms. The number of nitrogens with one attached hydrogen (secondary N) is 1. The minimum absolute atomic E-state index is 0.0510. The molecule has 178 valence electrons. The van der Waals surface area contributed by atoms with Crippen LogP contribution in [-0.4, -0.2) is 24.0 Å². The molecule has 1 atom stereocenters. The highest BCUT2D eigenvalue weighted by Gasteiger charge is 2.42. The van der Waals surface area contributed by atoms with E-state index in [0.29, 0.717) is 12.1 Å². The zero-order chi connectivity index (χ0) is 23.8. The maximum absolute atomic E-state index is 13.7. The van der Waals surface area contributed by atoms with Gasteiger partial charge in [0.15, 0.2) is 0 Å². The SMILES string of the molecule is CCCCCCCOc1cccc(C2(C)Nc3ccccc3C(=O)N2CCc2ccccc2)c1. The molecule has 0 aliphatic carbocycles. The van der Waals surface area contributed by atoms with Crippen molar-refractivity contribution in [3.8, 4) is 5.75 Å². The Morgan fingerprint density at radius 2 is 1.65 bits per heavy atom. The molecular formula is C30H36N2O2. The highest BCUT2D eigenvalue weighted by Crippen LogP contribution is 2.38. The molecule has 1 amide bonds. The van der Waals surface area contributed by atoms with Gasteiger partial charge in [0, 0.05) is 17.8 Å². The van der Waals surface area contributed by atoms with Crippen LogP contribution in [0.3, 0.4) is 0 Å². The molecule has 0 fully saturated rings. The van der Waals surface area contributed by atoms with Gasteiger partial charge in [-0.25, -0.2) is 0 Å². The van der Waals surface area contributed by atoms with Crippen LogP contribution in [0.2, 0.25) is 0 Å². The number of para-hydroxylation sites is 1. The van der Waals surface area contributed by atoms with Gasteiger partial charge in [0.1, 0.15) is 11.4 Å². The molecule has 0 saturated carbocycles. The summed E-state index contributed by atoms with van der Waals surface area (Å²) in [5.41, 5.74) is 3.14. The second-order valence-electron chi connectivity index (χ2n) is 9.23. The highest BCUT2D eigenvalue weighted by molar-refractivity contribution is 6.02. The number of amides is 1. The third kappa shape index (κ3) is 5.44. The lowest BCUT2D eigenvalue weighted by Gasteiger charge is -2.47. The number of rotatable bonds is 11. The van der Waals surface area contributed by atoms with Crippen molar-refractivity contribution >= 4 is 11.6 Å². The summed E-state index contributed by atoms with van der Waals surface area (Å²) in [6.45, 7) is 5.66. The minimum Gasteiger partial charge on any atom is -0.494 e. The Hall–Kier alpha value is -3.27. The Bertz CT molecular complexity index is 1080. The average Bonchev–Trinajstić information content (AvgIpc) is 2.87. The number of anilines is 1. The topological polar surface area (TPSA) is 41.6 Å². The average molecular weight is 457 g/mol. The van der Waals surface area contributed by atoms with Crippen LogP contribution in [0.4, 0.5) is 5.69 Å². The predicted molar refractivity (Wildman–Crippen MR) is 139 cm³/mol. The number of hydrogen-bond donors (Lipinski definition) is 1. The van der Waals surface area contributed by atoms with Crippen molar-refractivity contribution in [1.29, 1.82) is 0 Å². The van der Waals surface area contributed by atoms with Gasteiger partial charge in [-0.2, -0.15) is 0 Å². The zero-order valence-electron chi connectivity index (χ0n) is 20.4. The Morgan fingerprint density at radius 1 is 0.882 bits per heavy atom. The molecule has 0 saturated heterocycles. The van der Waals surface area contributed by atoms with E-state index in [-0.39, 0.29) is 5.91 Å². The van der Waals surface area contributed by atoms with Crippen molar-refractivity contribution in [2.24, 2.45) is 0 Å². The van der Waals surface area contributed by atoms with E-state index in [1.54, 1.807) is 0 Å². The van der Waals surface area contributed by atoms with E-state index in [0.717, 1.165) is 36.4 Å². The minimum atomic E-state index is -0.680. The second-order valence-corrected chi connectivity index (χ2v) is 9.23. The fourth-order valence-electron chi connectivity index (χ4n) is 4.68. The van der Waals surface area contributed by atoms with Crippen LogP contribution in [0, 0.1) is 0 Å². The van der Waals surface area contributed by atoms with Crippen molar-refractivity contribution < 1.29 is 9.53 Å². The summed E-state index contributed by atoms with van der Waals surface area (Å²) in [4.78, 5) is 15.6. The van der Waals surface area contributed by atoms with Crippen LogP contribution in [0.25, 0.3) is 0 Å². The first-order valence-corrected chi connectivity index (χ1v) is 12.6. The molecule has 3 aromatic rings. The summed E-state index contributed by atoms with van der Waals surface area (Å²) in [7, 11) is 0. The number of fused-ring (bicyclic) bond motifs is 1. The monoisotopic (exact) mass is 456 g/mol. The van der Waals surface area contributed by atoms with Crippen LogP contribution in [0.5, 0.6) is 5.75 Å². The highest BCUT2D eigenvalue weighted by atomic mass is 16.5. The summed E-state index contributed by atoms with van der Waals surface area (Å²) in [6.07, 6.45) is 6.85. The molecule has 1 unspecified atom stereocenters. The molecule has 1 heterocycles. The van der Waals surface area contributed by atoms with Crippen molar-refractivity contribution in [2.75, 3.05) is 18.5 Å². The number of nitrogens with zero attached hydrogens (tertiary/aromatic N) is 1. The van der Waals surface area contributed by atoms with Crippen molar-refractivity contribution in [1.82, 2.24) is 4.90 Å². The molecule has 4 heteroatoms. The van der Waals surface area contributed by atoms with Gasteiger partial charge in [-0.05, 0) is 49.6 Å². The molecule has 4 rings (SSSR count). The van der Waals surface area contributed by atoms with E-state index in [4.69, 9.17) is 4.74 Å². The molecule has 0 aromatic heterocycles. The summed E-state index contributed by atoms with van der Waals surface area (Å²) >= 11 is 0. The first kappa shape index (κ1) is 23.9. The van der Waals surface area contributed by atoms with E-state index < -0.39 is 5.66 Å². The number of carbonyl (C=O) groups is 1. The fourth-order valence-corrected chi connectivity index (χ4v) is 4.68. The number of benzene rings is 3. The second kappa shape index (κ2) is 11.2. The van der Waals surface area contributed by atoms with Crippen molar-refractivity contribution in [3.63, 3.8) is 0 Å². The Balaban J connectivity index is 1.56. The molecule has 1 N–H and O–H groups in total. The van der Waals surface area contributed by atoms with E-state index >= 15 is 0 Å². The summed E-state index contributed by atoms with van der Waals surface area (Å²) < 4.78 is 6.09. The molecule has 0 radical (unpaired) electrons. The molecule has 0 bridgehead atoms. The van der Waals surface area contributed by atoms with E-state index in [1.807, 2.05) is 59.5 Å². The van der Waals surface area contributed by atoms with Crippen molar-refractivity contribution in [3.05, 3.63) is 95.6 Å². The van der Waals surface area contributed by atoms with Gasteiger partial charge >= 0.3 is 0 Å². The number of unbranched alkanes of at least 4 members (excludes halogenated alkanes) is 4.